The van der Waals surface area contributed by atoms with Crippen molar-refractivity contribution in [1.29, 1.82) is 0 Å². The molecule has 2 aromatic rings. The molecule has 0 saturated heterocycles. The van der Waals surface area contributed by atoms with Crippen molar-refractivity contribution in [1.82, 2.24) is 14.5 Å². The Morgan fingerprint density at radius 3 is 2.71 bits per heavy atom. The fourth-order valence-electron chi connectivity index (χ4n) is 2.00. The summed E-state index contributed by atoms with van der Waals surface area (Å²) < 4.78 is 1.79. The molecule has 0 aliphatic carbocycles. The predicted octanol–water partition coefficient (Wildman–Crippen LogP) is 0.714. The van der Waals surface area contributed by atoms with E-state index in [1.54, 1.807) is 4.57 Å². The molecule has 17 heavy (non-hydrogen) atoms. The standard InChI is InChI=1S/C11H15N5O/c1-4-16-9-8(6(2)5-7(3)13-9)10(17)14-11(16)15-12/h5H,4,12H2,1-3H3,(H,14,15,17). The number of aryl methyl sites for hydroxylation is 3. The molecule has 0 saturated carbocycles. The molecular weight excluding hydrogens is 218 g/mol. The van der Waals surface area contributed by atoms with Gasteiger partial charge in [0.15, 0.2) is 0 Å². The molecule has 3 N–H and O–H groups in total. The SMILES string of the molecule is CCn1c(NN)nc(=O)c2c(C)cc(C)nc21. The van der Waals surface area contributed by atoms with Crippen molar-refractivity contribution in [2.45, 2.75) is 27.3 Å². The van der Waals surface area contributed by atoms with E-state index in [4.69, 9.17) is 5.84 Å². The van der Waals surface area contributed by atoms with E-state index in [2.05, 4.69) is 15.4 Å². The number of hydrogen-bond acceptors (Lipinski definition) is 5. The summed E-state index contributed by atoms with van der Waals surface area (Å²) >= 11 is 0. The van der Waals surface area contributed by atoms with Crippen LogP contribution in [-0.2, 0) is 6.54 Å². The average Bonchev–Trinajstić information content (AvgIpc) is 2.27. The first-order valence-electron chi connectivity index (χ1n) is 5.44. The molecule has 0 aliphatic rings. The highest BCUT2D eigenvalue weighted by Gasteiger charge is 2.12. The van der Waals surface area contributed by atoms with Crippen molar-refractivity contribution in [2.75, 3.05) is 5.43 Å². The molecule has 0 aromatic carbocycles. The molecule has 0 fully saturated rings. The Bertz CT molecular complexity index is 632. The van der Waals surface area contributed by atoms with Crippen LogP contribution in [-0.4, -0.2) is 14.5 Å². The highest BCUT2D eigenvalue weighted by molar-refractivity contribution is 5.79. The highest BCUT2D eigenvalue weighted by Crippen LogP contribution is 2.16. The van der Waals surface area contributed by atoms with E-state index in [1.807, 2.05) is 26.8 Å². The van der Waals surface area contributed by atoms with E-state index in [-0.39, 0.29) is 5.56 Å². The second-order valence-electron chi connectivity index (χ2n) is 3.91. The largest absolute Gasteiger partial charge is 0.295 e. The van der Waals surface area contributed by atoms with Crippen molar-refractivity contribution in [2.24, 2.45) is 5.84 Å². The Hall–Kier alpha value is -1.95. The van der Waals surface area contributed by atoms with Crippen molar-refractivity contribution in [3.63, 3.8) is 0 Å². The third kappa shape index (κ3) is 1.76. The lowest BCUT2D eigenvalue weighted by atomic mass is 10.2. The van der Waals surface area contributed by atoms with Gasteiger partial charge >= 0.3 is 0 Å². The van der Waals surface area contributed by atoms with Crippen LogP contribution in [0.15, 0.2) is 10.9 Å². The highest BCUT2D eigenvalue weighted by atomic mass is 16.1. The van der Waals surface area contributed by atoms with E-state index < -0.39 is 0 Å². The predicted molar refractivity (Wildman–Crippen MR) is 66.8 cm³/mol. The summed E-state index contributed by atoms with van der Waals surface area (Å²) in [4.78, 5) is 20.2. The number of anilines is 1. The minimum Gasteiger partial charge on any atom is -0.295 e. The Balaban J connectivity index is 3.01. The number of pyridine rings is 1. The zero-order valence-corrected chi connectivity index (χ0v) is 10.1. The van der Waals surface area contributed by atoms with E-state index in [9.17, 15) is 4.79 Å². The molecule has 0 spiro atoms. The van der Waals surface area contributed by atoms with Gasteiger partial charge in [0.2, 0.25) is 5.95 Å². The number of hydrogen-bond donors (Lipinski definition) is 2. The Morgan fingerprint density at radius 1 is 1.41 bits per heavy atom. The molecule has 0 bridgehead atoms. The monoisotopic (exact) mass is 233 g/mol. The molecule has 2 heterocycles. The zero-order valence-electron chi connectivity index (χ0n) is 10.1. The van der Waals surface area contributed by atoms with Crippen LogP contribution in [0.1, 0.15) is 18.2 Å². The summed E-state index contributed by atoms with van der Waals surface area (Å²) in [5, 5.41) is 0.552. The first-order chi connectivity index (χ1) is 8.08. The van der Waals surface area contributed by atoms with Gasteiger partial charge < -0.3 is 0 Å². The Kier molecular flexibility index (Phi) is 2.81. The van der Waals surface area contributed by atoms with Crippen molar-refractivity contribution >= 4 is 17.0 Å². The van der Waals surface area contributed by atoms with Gasteiger partial charge in [-0.15, -0.1) is 0 Å². The minimum atomic E-state index is -0.303. The van der Waals surface area contributed by atoms with Crippen LogP contribution >= 0.6 is 0 Å². The van der Waals surface area contributed by atoms with Crippen LogP contribution in [0.5, 0.6) is 0 Å². The molecule has 2 aromatic heterocycles. The quantitative estimate of drug-likeness (QED) is 0.589. The third-order valence-electron chi connectivity index (χ3n) is 2.70. The molecule has 0 radical (unpaired) electrons. The number of nitrogens with one attached hydrogen (secondary N) is 1. The zero-order chi connectivity index (χ0) is 12.6. The van der Waals surface area contributed by atoms with E-state index in [1.165, 1.54) is 0 Å². The maximum absolute atomic E-state index is 11.9. The summed E-state index contributed by atoms with van der Waals surface area (Å²) in [6, 6.07) is 1.88. The fraction of sp³-hybridized carbons (Fsp3) is 0.364. The summed E-state index contributed by atoms with van der Waals surface area (Å²) in [7, 11) is 0. The van der Waals surface area contributed by atoms with Crippen molar-refractivity contribution in [3.05, 3.63) is 27.7 Å². The van der Waals surface area contributed by atoms with Crippen LogP contribution in [0, 0.1) is 13.8 Å². The van der Waals surface area contributed by atoms with Gasteiger partial charge in [0.05, 0.1) is 5.39 Å². The lowest BCUT2D eigenvalue weighted by Gasteiger charge is -2.13. The molecule has 6 heteroatoms. The average molecular weight is 233 g/mol. The molecule has 6 nitrogen and oxygen atoms in total. The van der Waals surface area contributed by atoms with Crippen LogP contribution in [0.2, 0.25) is 0 Å². The molecule has 0 aliphatic heterocycles. The van der Waals surface area contributed by atoms with Crippen LogP contribution in [0.3, 0.4) is 0 Å². The molecule has 0 atom stereocenters. The molecule has 0 unspecified atom stereocenters. The topological polar surface area (TPSA) is 85.8 Å². The van der Waals surface area contributed by atoms with E-state index in [0.29, 0.717) is 23.5 Å². The van der Waals surface area contributed by atoms with Crippen LogP contribution in [0.25, 0.3) is 11.0 Å². The Morgan fingerprint density at radius 2 is 2.12 bits per heavy atom. The second-order valence-corrected chi connectivity index (χ2v) is 3.91. The second kappa shape index (κ2) is 4.14. The van der Waals surface area contributed by atoms with Gasteiger partial charge in [0.1, 0.15) is 5.65 Å². The number of hydrazine groups is 1. The van der Waals surface area contributed by atoms with Gasteiger partial charge in [-0.1, -0.05) is 0 Å². The Labute approximate surface area is 98.5 Å². The summed E-state index contributed by atoms with van der Waals surface area (Å²) in [6.45, 7) is 6.37. The van der Waals surface area contributed by atoms with Crippen LogP contribution < -0.4 is 16.8 Å². The summed E-state index contributed by atoms with van der Waals surface area (Å²) in [5.41, 5.74) is 4.50. The maximum Gasteiger partial charge on any atom is 0.284 e. The lowest BCUT2D eigenvalue weighted by Crippen LogP contribution is -2.23. The van der Waals surface area contributed by atoms with Gasteiger partial charge in [-0.3, -0.25) is 14.8 Å². The number of rotatable bonds is 2. The number of aromatic nitrogens is 3. The number of nitrogens with zero attached hydrogens (tertiary/aromatic N) is 3. The lowest BCUT2D eigenvalue weighted by molar-refractivity contribution is 0.758. The van der Waals surface area contributed by atoms with Gasteiger partial charge in [0.25, 0.3) is 5.56 Å². The van der Waals surface area contributed by atoms with Gasteiger partial charge in [-0.05, 0) is 32.4 Å². The van der Waals surface area contributed by atoms with Gasteiger partial charge in [-0.25, -0.2) is 10.8 Å². The smallest absolute Gasteiger partial charge is 0.284 e. The first-order valence-corrected chi connectivity index (χ1v) is 5.44. The number of fused-ring (bicyclic) bond motifs is 1. The number of nitrogen functional groups attached to an aromatic ring is 1. The third-order valence-corrected chi connectivity index (χ3v) is 2.70. The van der Waals surface area contributed by atoms with E-state index >= 15 is 0 Å². The first kappa shape index (κ1) is 11.5. The summed E-state index contributed by atoms with van der Waals surface area (Å²) in [6.07, 6.45) is 0. The maximum atomic E-state index is 11.9. The molecule has 90 valence electrons. The molecule has 0 amide bonds. The van der Waals surface area contributed by atoms with Gasteiger partial charge in [0, 0.05) is 12.2 Å². The van der Waals surface area contributed by atoms with Gasteiger partial charge in [-0.2, -0.15) is 4.98 Å². The van der Waals surface area contributed by atoms with Crippen molar-refractivity contribution < 1.29 is 0 Å². The summed E-state index contributed by atoms with van der Waals surface area (Å²) in [5.74, 6) is 5.70. The fourth-order valence-corrected chi connectivity index (χ4v) is 2.00. The number of nitrogens with two attached hydrogens (primary N) is 1. The van der Waals surface area contributed by atoms with Crippen LogP contribution in [0.4, 0.5) is 5.95 Å². The molecular formula is C11H15N5O. The normalized spacial score (nSPS) is 10.8. The van der Waals surface area contributed by atoms with E-state index in [0.717, 1.165) is 11.3 Å². The molecule has 2 rings (SSSR count). The minimum absolute atomic E-state index is 0.303. The van der Waals surface area contributed by atoms with Crippen molar-refractivity contribution in [3.8, 4) is 0 Å².